The van der Waals surface area contributed by atoms with Crippen molar-refractivity contribution >= 4 is 22.3 Å². The van der Waals surface area contributed by atoms with E-state index in [1.165, 1.54) is 12.3 Å². The predicted molar refractivity (Wildman–Crippen MR) is 67.6 cm³/mol. The third-order valence-corrected chi connectivity index (χ3v) is 3.11. The number of hydrogen-bond donors (Lipinski definition) is 1. The second-order valence-electron chi connectivity index (χ2n) is 3.90. The van der Waals surface area contributed by atoms with Gasteiger partial charge in [0.05, 0.1) is 4.92 Å². The molecule has 94 valence electrons. The van der Waals surface area contributed by atoms with Crippen molar-refractivity contribution in [3.05, 3.63) is 27.9 Å². The van der Waals surface area contributed by atoms with Gasteiger partial charge in [0.1, 0.15) is 12.0 Å². The molecule has 0 aliphatic rings. The summed E-state index contributed by atoms with van der Waals surface area (Å²) in [6.45, 7) is 3.64. The maximum absolute atomic E-state index is 11.0. The quantitative estimate of drug-likeness (QED) is 0.638. The molecule has 1 N–H and O–H groups in total. The van der Waals surface area contributed by atoms with Gasteiger partial charge in [0.2, 0.25) is 0 Å². The summed E-state index contributed by atoms with van der Waals surface area (Å²) >= 11 is 0. The summed E-state index contributed by atoms with van der Waals surface area (Å²) in [7, 11) is -0.886. The van der Waals surface area contributed by atoms with Crippen molar-refractivity contribution in [2.45, 2.75) is 19.9 Å². The van der Waals surface area contributed by atoms with Crippen LogP contribution < -0.4 is 5.32 Å². The molecule has 1 heterocycles. The summed E-state index contributed by atoms with van der Waals surface area (Å²) in [5.74, 6) is 1.10. The molecule has 0 amide bonds. The van der Waals surface area contributed by atoms with E-state index in [0.717, 1.165) is 0 Å². The van der Waals surface area contributed by atoms with Crippen LogP contribution in [0.2, 0.25) is 0 Å². The first-order valence-corrected chi connectivity index (χ1v) is 6.80. The molecule has 0 saturated carbocycles. The Morgan fingerprint density at radius 1 is 1.65 bits per heavy atom. The number of pyridine rings is 1. The van der Waals surface area contributed by atoms with E-state index < -0.39 is 15.7 Å². The van der Waals surface area contributed by atoms with Crippen LogP contribution in [-0.4, -0.2) is 32.2 Å². The van der Waals surface area contributed by atoms with Crippen LogP contribution >= 0.6 is 0 Å². The Kier molecular flexibility index (Phi) is 4.56. The van der Waals surface area contributed by atoms with Crippen molar-refractivity contribution in [3.63, 3.8) is 0 Å². The number of nitrogens with zero attached hydrogens (tertiary/aromatic N) is 2. The van der Waals surface area contributed by atoms with Gasteiger partial charge < -0.3 is 5.32 Å². The molecule has 0 saturated heterocycles. The topological polar surface area (TPSA) is 85.1 Å². The molecule has 0 aliphatic heterocycles. The smallest absolute Gasteiger partial charge is 0.287 e. The van der Waals surface area contributed by atoms with Crippen molar-refractivity contribution in [1.82, 2.24) is 4.98 Å². The highest BCUT2D eigenvalue weighted by Crippen LogP contribution is 2.18. The standard InChI is InChI=1S/C10H15N3O3S/c1-7-4-9(13(14)15)5-11-10(7)12-8(2)6-17(3)16/h4-5,8H,6H2,1-3H3,(H,11,12). The summed E-state index contributed by atoms with van der Waals surface area (Å²) in [6, 6.07) is 1.47. The van der Waals surface area contributed by atoms with Crippen LogP contribution in [0, 0.1) is 17.0 Å². The van der Waals surface area contributed by atoms with Gasteiger partial charge in [-0.3, -0.25) is 14.3 Å². The Morgan fingerprint density at radius 3 is 2.76 bits per heavy atom. The highest BCUT2D eigenvalue weighted by molar-refractivity contribution is 7.84. The molecule has 2 atom stereocenters. The lowest BCUT2D eigenvalue weighted by Gasteiger charge is -2.14. The Balaban J connectivity index is 2.79. The zero-order valence-corrected chi connectivity index (χ0v) is 10.8. The fraction of sp³-hybridized carbons (Fsp3) is 0.500. The molecule has 0 radical (unpaired) electrons. The van der Waals surface area contributed by atoms with Crippen LogP contribution in [0.15, 0.2) is 12.3 Å². The Hall–Kier alpha value is -1.50. The molecule has 6 nitrogen and oxygen atoms in total. The first kappa shape index (κ1) is 13.6. The van der Waals surface area contributed by atoms with E-state index in [0.29, 0.717) is 17.1 Å². The van der Waals surface area contributed by atoms with Gasteiger partial charge in [-0.15, -0.1) is 0 Å². The molecule has 0 bridgehead atoms. The van der Waals surface area contributed by atoms with Gasteiger partial charge >= 0.3 is 0 Å². The zero-order valence-electron chi connectivity index (χ0n) is 9.97. The third kappa shape index (κ3) is 4.10. The van der Waals surface area contributed by atoms with Crippen molar-refractivity contribution in [3.8, 4) is 0 Å². The van der Waals surface area contributed by atoms with Gasteiger partial charge in [-0.2, -0.15) is 0 Å². The van der Waals surface area contributed by atoms with Crippen molar-refractivity contribution < 1.29 is 9.13 Å². The van der Waals surface area contributed by atoms with Crippen LogP contribution in [0.1, 0.15) is 12.5 Å². The van der Waals surface area contributed by atoms with E-state index >= 15 is 0 Å². The van der Waals surface area contributed by atoms with Crippen LogP contribution in [0.3, 0.4) is 0 Å². The number of nitrogens with one attached hydrogen (secondary N) is 1. The van der Waals surface area contributed by atoms with E-state index in [1.54, 1.807) is 13.2 Å². The third-order valence-electron chi connectivity index (χ3n) is 2.14. The number of rotatable bonds is 5. The van der Waals surface area contributed by atoms with Crippen molar-refractivity contribution in [1.29, 1.82) is 0 Å². The first-order chi connectivity index (χ1) is 7.90. The normalized spacial score (nSPS) is 14.1. The van der Waals surface area contributed by atoms with Crippen molar-refractivity contribution in [2.24, 2.45) is 0 Å². The van der Waals surface area contributed by atoms with Crippen molar-refractivity contribution in [2.75, 3.05) is 17.3 Å². The molecule has 1 aromatic heterocycles. The van der Waals surface area contributed by atoms with E-state index in [-0.39, 0.29) is 11.7 Å². The fourth-order valence-electron chi connectivity index (χ4n) is 1.44. The second-order valence-corrected chi connectivity index (χ2v) is 5.38. The molecule has 7 heteroatoms. The van der Waals surface area contributed by atoms with Crippen LogP contribution in [0.4, 0.5) is 11.5 Å². The first-order valence-electron chi connectivity index (χ1n) is 5.07. The van der Waals surface area contributed by atoms with Crippen LogP contribution in [0.5, 0.6) is 0 Å². The molecule has 17 heavy (non-hydrogen) atoms. The molecule has 0 aliphatic carbocycles. The van der Waals surface area contributed by atoms with E-state index in [1.807, 2.05) is 6.92 Å². The Bertz CT molecular complexity index is 450. The molecule has 0 spiro atoms. The molecule has 0 aromatic carbocycles. The van der Waals surface area contributed by atoms with Gasteiger partial charge in [0, 0.05) is 34.9 Å². The minimum atomic E-state index is -0.886. The average Bonchev–Trinajstić information content (AvgIpc) is 2.19. The maximum Gasteiger partial charge on any atom is 0.287 e. The number of aromatic nitrogens is 1. The van der Waals surface area contributed by atoms with Gasteiger partial charge in [-0.25, -0.2) is 4.98 Å². The van der Waals surface area contributed by atoms with E-state index in [4.69, 9.17) is 0 Å². The largest absolute Gasteiger partial charge is 0.366 e. The van der Waals surface area contributed by atoms with Gasteiger partial charge in [-0.1, -0.05) is 0 Å². The van der Waals surface area contributed by atoms with Gasteiger partial charge in [-0.05, 0) is 19.4 Å². The average molecular weight is 257 g/mol. The zero-order chi connectivity index (χ0) is 13.0. The highest BCUT2D eigenvalue weighted by Gasteiger charge is 2.11. The summed E-state index contributed by atoms with van der Waals surface area (Å²) in [5, 5.41) is 13.6. The molecule has 0 fully saturated rings. The number of nitro groups is 1. The van der Waals surface area contributed by atoms with Gasteiger partial charge in [0.25, 0.3) is 5.69 Å². The Labute approximate surface area is 102 Å². The fourth-order valence-corrected chi connectivity index (χ4v) is 2.23. The Morgan fingerprint density at radius 2 is 2.29 bits per heavy atom. The molecular formula is C10H15N3O3S. The minimum Gasteiger partial charge on any atom is -0.366 e. The second kappa shape index (κ2) is 5.72. The minimum absolute atomic E-state index is 0.00786. The predicted octanol–water partition coefficient (Wildman–Crippen LogP) is 1.48. The summed E-state index contributed by atoms with van der Waals surface area (Å²) in [6.07, 6.45) is 2.85. The van der Waals surface area contributed by atoms with E-state index in [9.17, 15) is 14.3 Å². The molecular weight excluding hydrogens is 242 g/mol. The summed E-state index contributed by atoms with van der Waals surface area (Å²) in [4.78, 5) is 14.1. The number of anilines is 1. The lowest BCUT2D eigenvalue weighted by molar-refractivity contribution is -0.385. The summed E-state index contributed by atoms with van der Waals surface area (Å²) in [5.41, 5.74) is 0.674. The van der Waals surface area contributed by atoms with Crippen LogP contribution in [-0.2, 0) is 10.8 Å². The molecule has 1 rings (SSSR count). The number of aryl methyl sites for hydroxylation is 1. The monoisotopic (exact) mass is 257 g/mol. The highest BCUT2D eigenvalue weighted by atomic mass is 32.2. The van der Waals surface area contributed by atoms with E-state index in [2.05, 4.69) is 10.3 Å². The SMILES string of the molecule is Cc1cc([N+](=O)[O-])cnc1NC(C)CS(C)=O. The van der Waals surface area contributed by atoms with Gasteiger partial charge in [0.15, 0.2) is 0 Å². The lowest BCUT2D eigenvalue weighted by Crippen LogP contribution is -2.23. The van der Waals surface area contributed by atoms with Crippen LogP contribution in [0.25, 0.3) is 0 Å². The summed E-state index contributed by atoms with van der Waals surface area (Å²) < 4.78 is 11.0. The molecule has 2 unspecified atom stereocenters. The lowest BCUT2D eigenvalue weighted by atomic mass is 10.2. The number of hydrogen-bond acceptors (Lipinski definition) is 5. The maximum atomic E-state index is 11.0. The molecule has 1 aromatic rings.